The first-order chi connectivity index (χ1) is 15.4. The van der Waals surface area contributed by atoms with E-state index in [4.69, 9.17) is 0 Å². The number of sulfonamides is 1. The maximum absolute atomic E-state index is 13.0. The van der Waals surface area contributed by atoms with Gasteiger partial charge in [0.15, 0.2) is 0 Å². The fraction of sp³-hybridized carbons (Fsp3) is 0.333. The Labute approximate surface area is 190 Å². The van der Waals surface area contributed by atoms with Crippen molar-refractivity contribution in [2.45, 2.75) is 37.9 Å². The lowest BCUT2D eigenvalue weighted by Gasteiger charge is -2.19. The van der Waals surface area contributed by atoms with Crippen LogP contribution in [0.1, 0.15) is 18.5 Å². The fourth-order valence-corrected chi connectivity index (χ4v) is 3.94. The number of aryl methyl sites for hydroxylation is 1. The van der Waals surface area contributed by atoms with Crippen LogP contribution in [0.5, 0.6) is 0 Å². The van der Waals surface area contributed by atoms with E-state index in [9.17, 15) is 27.6 Å². The number of carbonyl (C=O) groups excluding carboxylic acids is 1. The second-order valence-electron chi connectivity index (χ2n) is 7.45. The molecule has 0 fully saturated rings. The molecule has 0 spiro atoms. The van der Waals surface area contributed by atoms with Crippen molar-refractivity contribution in [3.8, 4) is 0 Å². The summed E-state index contributed by atoms with van der Waals surface area (Å²) in [6, 6.07) is 2.93. The largest absolute Gasteiger partial charge is 0.337 e. The van der Waals surface area contributed by atoms with Crippen LogP contribution >= 0.6 is 0 Å². The topological polar surface area (TPSA) is 132 Å². The van der Waals surface area contributed by atoms with Crippen LogP contribution in [0.4, 0.5) is 5.69 Å². The maximum atomic E-state index is 13.0. The summed E-state index contributed by atoms with van der Waals surface area (Å²) < 4.78 is 28.1. The molecule has 1 aromatic carbocycles. The molecule has 0 saturated heterocycles. The van der Waals surface area contributed by atoms with E-state index < -0.39 is 39.0 Å². The summed E-state index contributed by atoms with van der Waals surface area (Å²) in [5.74, 6) is -0.745. The highest BCUT2D eigenvalue weighted by molar-refractivity contribution is 7.89. The molecule has 0 aliphatic carbocycles. The number of benzene rings is 1. The summed E-state index contributed by atoms with van der Waals surface area (Å²) in [4.78, 5) is 51.2. The van der Waals surface area contributed by atoms with Crippen molar-refractivity contribution in [1.29, 1.82) is 0 Å². The van der Waals surface area contributed by atoms with Gasteiger partial charge in [-0.3, -0.25) is 4.79 Å². The molecule has 0 bridgehead atoms. The van der Waals surface area contributed by atoms with Gasteiger partial charge in [-0.1, -0.05) is 18.2 Å². The molecule has 178 valence electrons. The molecule has 2 rings (SSSR count). The first-order valence-corrected chi connectivity index (χ1v) is 11.3. The Morgan fingerprint density at radius 1 is 1.06 bits per heavy atom. The zero-order chi connectivity index (χ0) is 25.1. The molecule has 1 N–H and O–H groups in total. The molecule has 1 amide bonds. The minimum Gasteiger partial charge on any atom is -0.324 e. The predicted molar refractivity (Wildman–Crippen MR) is 125 cm³/mol. The van der Waals surface area contributed by atoms with Crippen LogP contribution in [0.3, 0.4) is 0 Å². The number of amides is 1. The number of allylic oxidation sites excluding steroid dienone is 2. The van der Waals surface area contributed by atoms with Gasteiger partial charge in [-0.05, 0) is 31.5 Å². The molecule has 0 saturated carbocycles. The normalized spacial score (nSPS) is 12.4. The molecular formula is C21H27N5O6S. The number of aromatic nitrogens is 3. The first-order valence-electron chi connectivity index (χ1n) is 9.90. The van der Waals surface area contributed by atoms with Gasteiger partial charge in [0.2, 0.25) is 15.9 Å². The SMILES string of the molecule is C=CCn1c(=O)n(CC=C)c(=O)n(C(C)C(=O)Nc2cc(S(=O)(=O)N(C)C)ccc2C)c1=O. The zero-order valence-electron chi connectivity index (χ0n) is 18.9. The van der Waals surface area contributed by atoms with Crippen molar-refractivity contribution < 1.29 is 13.2 Å². The third kappa shape index (κ3) is 4.96. The lowest BCUT2D eigenvalue weighted by molar-refractivity contribution is -0.119. The second-order valence-corrected chi connectivity index (χ2v) is 9.60. The molecule has 1 atom stereocenters. The quantitative estimate of drug-likeness (QED) is 0.517. The lowest BCUT2D eigenvalue weighted by Crippen LogP contribution is -2.56. The van der Waals surface area contributed by atoms with Gasteiger partial charge in [0.25, 0.3) is 0 Å². The highest BCUT2D eigenvalue weighted by Gasteiger charge is 2.25. The van der Waals surface area contributed by atoms with Gasteiger partial charge < -0.3 is 5.32 Å². The van der Waals surface area contributed by atoms with E-state index in [2.05, 4.69) is 18.5 Å². The molecule has 0 radical (unpaired) electrons. The van der Waals surface area contributed by atoms with E-state index in [1.54, 1.807) is 6.92 Å². The van der Waals surface area contributed by atoms with E-state index in [1.807, 2.05) is 0 Å². The monoisotopic (exact) mass is 477 g/mol. The number of anilines is 1. The standard InChI is InChI=1S/C21H27N5O6S/c1-7-11-24-19(28)25(12-8-2)21(30)26(20(24)29)15(4)18(27)22-17-13-16(10-9-14(17)3)33(31,32)23(5)6/h7-10,13,15H,1-2,11-12H2,3-6H3,(H,22,27). The average molecular weight is 478 g/mol. The number of carbonyl (C=O) groups is 1. The molecule has 12 heteroatoms. The minimum absolute atomic E-state index is 0.0360. The smallest absolute Gasteiger partial charge is 0.324 e. The zero-order valence-corrected chi connectivity index (χ0v) is 19.8. The van der Waals surface area contributed by atoms with E-state index in [-0.39, 0.29) is 23.7 Å². The van der Waals surface area contributed by atoms with Crippen molar-refractivity contribution in [3.05, 3.63) is 80.5 Å². The summed E-state index contributed by atoms with van der Waals surface area (Å²) >= 11 is 0. The third-order valence-electron chi connectivity index (χ3n) is 4.97. The highest BCUT2D eigenvalue weighted by Crippen LogP contribution is 2.22. The summed E-state index contributed by atoms with van der Waals surface area (Å²) in [6.07, 6.45) is 2.64. The Hall–Kier alpha value is -3.51. The van der Waals surface area contributed by atoms with Gasteiger partial charge in [-0.15, -0.1) is 13.2 Å². The van der Waals surface area contributed by atoms with E-state index in [0.29, 0.717) is 10.1 Å². The number of nitrogens with zero attached hydrogens (tertiary/aromatic N) is 4. The fourth-order valence-electron chi connectivity index (χ4n) is 3.01. The van der Waals surface area contributed by atoms with Crippen LogP contribution in [0, 0.1) is 6.92 Å². The Bertz CT molecular complexity index is 1330. The molecule has 2 aromatic rings. The third-order valence-corrected chi connectivity index (χ3v) is 6.78. The van der Waals surface area contributed by atoms with Crippen LogP contribution < -0.4 is 22.4 Å². The minimum atomic E-state index is -3.75. The molecule has 1 unspecified atom stereocenters. The van der Waals surface area contributed by atoms with Crippen molar-refractivity contribution in [1.82, 2.24) is 18.0 Å². The number of hydrogen-bond donors (Lipinski definition) is 1. The predicted octanol–water partition coefficient (Wildman–Crippen LogP) is 0.302. The van der Waals surface area contributed by atoms with Crippen molar-refractivity contribution in [2.75, 3.05) is 19.4 Å². The number of nitrogens with one attached hydrogen (secondary N) is 1. The Morgan fingerprint density at radius 2 is 1.58 bits per heavy atom. The Morgan fingerprint density at radius 3 is 2.03 bits per heavy atom. The molecular weight excluding hydrogens is 450 g/mol. The molecule has 33 heavy (non-hydrogen) atoms. The summed E-state index contributed by atoms with van der Waals surface area (Å²) in [5.41, 5.74) is -2.00. The van der Waals surface area contributed by atoms with Gasteiger partial charge in [0.05, 0.1) is 18.0 Å². The highest BCUT2D eigenvalue weighted by atomic mass is 32.2. The van der Waals surface area contributed by atoms with Gasteiger partial charge in [0.1, 0.15) is 6.04 Å². The average Bonchev–Trinajstić information content (AvgIpc) is 2.75. The molecule has 1 aromatic heterocycles. The van der Waals surface area contributed by atoms with Crippen molar-refractivity contribution in [3.63, 3.8) is 0 Å². The summed E-state index contributed by atoms with van der Waals surface area (Å²) in [7, 11) is -0.983. The molecule has 1 heterocycles. The van der Waals surface area contributed by atoms with Crippen molar-refractivity contribution >= 4 is 21.6 Å². The second kappa shape index (κ2) is 9.96. The van der Waals surface area contributed by atoms with Gasteiger partial charge in [0, 0.05) is 19.8 Å². The first kappa shape index (κ1) is 25.7. The maximum Gasteiger partial charge on any atom is 0.337 e. The summed E-state index contributed by atoms with van der Waals surface area (Å²) in [5, 5.41) is 2.57. The van der Waals surface area contributed by atoms with Crippen LogP contribution in [0.2, 0.25) is 0 Å². The summed E-state index contributed by atoms with van der Waals surface area (Å²) in [6.45, 7) is 9.68. The molecule has 0 aliphatic heterocycles. The van der Waals surface area contributed by atoms with Gasteiger partial charge >= 0.3 is 17.1 Å². The van der Waals surface area contributed by atoms with Crippen LogP contribution in [0.15, 0.2) is 62.8 Å². The van der Waals surface area contributed by atoms with E-state index >= 15 is 0 Å². The van der Waals surface area contributed by atoms with E-state index in [1.165, 1.54) is 51.4 Å². The number of hydrogen-bond acceptors (Lipinski definition) is 6. The molecule has 11 nitrogen and oxygen atoms in total. The van der Waals surface area contributed by atoms with Gasteiger partial charge in [-0.2, -0.15) is 0 Å². The van der Waals surface area contributed by atoms with Crippen molar-refractivity contribution in [2.24, 2.45) is 0 Å². The Balaban J connectivity index is 2.57. The Kier molecular flexibility index (Phi) is 7.77. The van der Waals surface area contributed by atoms with Crippen LogP contribution in [-0.2, 0) is 27.9 Å². The molecule has 0 aliphatic rings. The van der Waals surface area contributed by atoms with Crippen LogP contribution in [-0.4, -0.2) is 46.4 Å². The van der Waals surface area contributed by atoms with E-state index in [0.717, 1.165) is 13.4 Å². The number of rotatable bonds is 9. The van der Waals surface area contributed by atoms with Crippen LogP contribution in [0.25, 0.3) is 0 Å². The van der Waals surface area contributed by atoms with Gasteiger partial charge in [-0.25, -0.2) is 40.8 Å². The lowest BCUT2D eigenvalue weighted by atomic mass is 10.2.